The number of benzene rings is 1. The molecule has 1 heterocycles. The van der Waals surface area contributed by atoms with E-state index < -0.39 is 0 Å². The molecule has 13 heavy (non-hydrogen) atoms. The molecule has 0 saturated carbocycles. The molecule has 0 amide bonds. The van der Waals surface area contributed by atoms with Gasteiger partial charge in [0.05, 0.1) is 0 Å². The molecule has 1 aromatic carbocycles. The molecule has 0 aliphatic rings. The monoisotopic (exact) mass is 367 g/mol. The van der Waals surface area contributed by atoms with Crippen LogP contribution in [0.25, 0.3) is 10.8 Å². The van der Waals surface area contributed by atoms with Gasteiger partial charge in [0.1, 0.15) is 5.15 Å². The molecule has 0 spiro atoms. The Morgan fingerprint density at radius 1 is 1.31 bits per heavy atom. The topological polar surface area (TPSA) is 12.9 Å². The number of hydrogen-bond donors (Lipinski definition) is 0. The van der Waals surface area contributed by atoms with E-state index in [0.717, 1.165) is 15.2 Å². The van der Waals surface area contributed by atoms with E-state index >= 15 is 0 Å². The first-order valence-electron chi connectivity index (χ1n) is 3.57. The van der Waals surface area contributed by atoms with Gasteiger partial charge in [0.25, 0.3) is 0 Å². The van der Waals surface area contributed by atoms with Gasteiger partial charge in [-0.3, -0.25) is 0 Å². The molecule has 0 bridgehead atoms. The van der Waals surface area contributed by atoms with Crippen molar-refractivity contribution < 1.29 is 0 Å². The summed E-state index contributed by atoms with van der Waals surface area (Å²) in [5, 5.41) is 2.77. The number of aromatic nitrogens is 1. The van der Waals surface area contributed by atoms with Crippen molar-refractivity contribution >= 4 is 60.9 Å². The Morgan fingerprint density at radius 3 is 2.85 bits per heavy atom. The second-order valence-corrected chi connectivity index (χ2v) is 5.08. The molecule has 1 nitrogen and oxygen atoms in total. The largest absolute Gasteiger partial charge is 0.244 e. The first kappa shape index (κ1) is 9.68. The number of hydrogen-bond acceptors (Lipinski definition) is 1. The van der Waals surface area contributed by atoms with Crippen molar-refractivity contribution in [2.45, 2.75) is 0 Å². The summed E-state index contributed by atoms with van der Waals surface area (Å²) in [5.41, 5.74) is 0. The average molecular weight is 368 g/mol. The second-order valence-electron chi connectivity index (χ2n) is 2.62. The number of halogens is 3. The minimum absolute atomic E-state index is 0.529. The Hall–Kier alpha value is 0.130. The first-order valence-corrected chi connectivity index (χ1v) is 5.82. The summed E-state index contributed by atoms with van der Waals surface area (Å²) in [7, 11) is 0. The van der Waals surface area contributed by atoms with Crippen LogP contribution < -0.4 is 0 Å². The highest BCUT2D eigenvalue weighted by atomic mass is 127. The van der Waals surface area contributed by atoms with Crippen molar-refractivity contribution in [3.8, 4) is 0 Å². The van der Waals surface area contributed by atoms with Gasteiger partial charge in [-0.25, -0.2) is 4.98 Å². The first-order chi connectivity index (χ1) is 6.16. The smallest absolute Gasteiger partial charge is 0.129 e. The van der Waals surface area contributed by atoms with Gasteiger partial charge in [-0.05, 0) is 46.2 Å². The summed E-state index contributed by atoms with van der Waals surface area (Å²) in [6, 6.07) is 5.95. The summed E-state index contributed by atoms with van der Waals surface area (Å²) >= 11 is 11.5. The van der Waals surface area contributed by atoms with Crippen molar-refractivity contribution in [2.24, 2.45) is 0 Å². The molecule has 0 aliphatic heterocycles. The van der Waals surface area contributed by atoms with Crippen molar-refractivity contribution in [3.05, 3.63) is 37.6 Å². The maximum atomic E-state index is 5.79. The van der Waals surface area contributed by atoms with Crippen LogP contribution in [0.5, 0.6) is 0 Å². The highest BCUT2D eigenvalue weighted by molar-refractivity contribution is 14.1. The molecule has 1 aromatic heterocycles. The molecule has 0 atom stereocenters. The number of pyridine rings is 1. The van der Waals surface area contributed by atoms with E-state index in [1.807, 2.05) is 12.1 Å². The maximum absolute atomic E-state index is 5.79. The van der Waals surface area contributed by atoms with Crippen LogP contribution in [0.1, 0.15) is 0 Å². The van der Waals surface area contributed by atoms with Crippen LogP contribution in [0.3, 0.4) is 0 Å². The second kappa shape index (κ2) is 3.71. The third-order valence-electron chi connectivity index (χ3n) is 1.72. The van der Waals surface area contributed by atoms with E-state index in [2.05, 4.69) is 49.6 Å². The van der Waals surface area contributed by atoms with Crippen molar-refractivity contribution in [2.75, 3.05) is 0 Å². The van der Waals surface area contributed by atoms with Gasteiger partial charge < -0.3 is 0 Å². The van der Waals surface area contributed by atoms with Crippen LogP contribution in [0.15, 0.2) is 28.9 Å². The average Bonchev–Trinajstić information content (AvgIpc) is 2.02. The summed E-state index contributed by atoms with van der Waals surface area (Å²) in [4.78, 5) is 4.04. The quantitative estimate of drug-likeness (QED) is 0.500. The van der Waals surface area contributed by atoms with Crippen LogP contribution >= 0.6 is 50.1 Å². The lowest BCUT2D eigenvalue weighted by molar-refractivity contribution is 1.36. The molecule has 4 heteroatoms. The molecule has 0 unspecified atom stereocenters. The summed E-state index contributed by atoms with van der Waals surface area (Å²) in [5.74, 6) is 0. The van der Waals surface area contributed by atoms with Gasteiger partial charge in [0, 0.05) is 19.6 Å². The molecule has 2 aromatic rings. The third kappa shape index (κ3) is 1.97. The lowest BCUT2D eigenvalue weighted by Crippen LogP contribution is -1.81. The van der Waals surface area contributed by atoms with Crippen molar-refractivity contribution in [3.63, 3.8) is 0 Å². The predicted octanol–water partition coefficient (Wildman–Crippen LogP) is 4.26. The van der Waals surface area contributed by atoms with E-state index in [1.165, 1.54) is 3.57 Å². The van der Waals surface area contributed by atoms with Gasteiger partial charge in [0.15, 0.2) is 0 Å². The molecule has 0 aliphatic carbocycles. The van der Waals surface area contributed by atoms with E-state index in [0.29, 0.717) is 5.15 Å². The lowest BCUT2D eigenvalue weighted by Gasteiger charge is -2.01. The molecule has 0 fully saturated rings. The van der Waals surface area contributed by atoms with Gasteiger partial charge in [-0.1, -0.05) is 27.5 Å². The van der Waals surface area contributed by atoms with Crippen molar-refractivity contribution in [1.82, 2.24) is 4.98 Å². The standard InChI is InChI=1S/C9H4BrClIN/c10-6-1-5-2-9(11)13-4-7(5)8(12)3-6/h1-4H. The highest BCUT2D eigenvalue weighted by Crippen LogP contribution is 2.26. The Kier molecular flexibility index (Phi) is 2.76. The minimum atomic E-state index is 0.529. The fourth-order valence-electron chi connectivity index (χ4n) is 1.15. The van der Waals surface area contributed by atoms with Gasteiger partial charge in [0.2, 0.25) is 0 Å². The Bertz CT molecular complexity index is 467. The van der Waals surface area contributed by atoms with E-state index in [4.69, 9.17) is 11.6 Å². The van der Waals surface area contributed by atoms with Crippen LogP contribution in [0.4, 0.5) is 0 Å². The zero-order valence-corrected chi connectivity index (χ0v) is 10.9. The molecule has 66 valence electrons. The number of nitrogens with zero attached hydrogens (tertiary/aromatic N) is 1. The summed E-state index contributed by atoms with van der Waals surface area (Å²) in [6.07, 6.45) is 1.80. The van der Waals surface area contributed by atoms with E-state index in [1.54, 1.807) is 6.20 Å². The van der Waals surface area contributed by atoms with Crippen LogP contribution in [0, 0.1) is 3.57 Å². The SMILES string of the molecule is Clc1cc2cc(Br)cc(I)c2cn1. The van der Waals surface area contributed by atoms with Gasteiger partial charge >= 0.3 is 0 Å². The van der Waals surface area contributed by atoms with Crippen LogP contribution in [0.2, 0.25) is 5.15 Å². The van der Waals surface area contributed by atoms with Crippen LogP contribution in [-0.2, 0) is 0 Å². The normalized spacial score (nSPS) is 10.7. The van der Waals surface area contributed by atoms with Gasteiger partial charge in [-0.2, -0.15) is 0 Å². The Balaban J connectivity index is 2.86. The van der Waals surface area contributed by atoms with E-state index in [9.17, 15) is 0 Å². The molecule has 0 saturated heterocycles. The van der Waals surface area contributed by atoms with E-state index in [-0.39, 0.29) is 0 Å². The predicted molar refractivity (Wildman–Crippen MR) is 67.2 cm³/mol. The summed E-state index contributed by atoms with van der Waals surface area (Å²) < 4.78 is 2.23. The molecular weight excluding hydrogens is 364 g/mol. The maximum Gasteiger partial charge on any atom is 0.129 e. The lowest BCUT2D eigenvalue weighted by atomic mass is 10.2. The molecule has 0 N–H and O–H groups in total. The van der Waals surface area contributed by atoms with Crippen molar-refractivity contribution in [1.29, 1.82) is 0 Å². The molecular formula is C9H4BrClIN. The van der Waals surface area contributed by atoms with Crippen LogP contribution in [-0.4, -0.2) is 4.98 Å². The number of rotatable bonds is 0. The zero-order chi connectivity index (χ0) is 9.42. The molecule has 0 radical (unpaired) electrons. The molecule has 2 rings (SSSR count). The highest BCUT2D eigenvalue weighted by Gasteiger charge is 2.01. The fourth-order valence-corrected chi connectivity index (χ4v) is 3.01. The fraction of sp³-hybridized carbons (Fsp3) is 0. The summed E-state index contributed by atoms with van der Waals surface area (Å²) in [6.45, 7) is 0. The van der Waals surface area contributed by atoms with Gasteiger partial charge in [-0.15, -0.1) is 0 Å². The Labute approximate surface area is 103 Å². The zero-order valence-electron chi connectivity index (χ0n) is 6.39. The third-order valence-corrected chi connectivity index (χ3v) is 3.27. The number of fused-ring (bicyclic) bond motifs is 1. The minimum Gasteiger partial charge on any atom is -0.244 e. The Morgan fingerprint density at radius 2 is 2.08 bits per heavy atom.